The van der Waals surface area contributed by atoms with Crippen molar-refractivity contribution in [3.63, 3.8) is 0 Å². The predicted octanol–water partition coefficient (Wildman–Crippen LogP) is 3.91. The van der Waals surface area contributed by atoms with Gasteiger partial charge in [0, 0.05) is 6.07 Å². The van der Waals surface area contributed by atoms with Gasteiger partial charge in [0.2, 0.25) is 0 Å². The summed E-state index contributed by atoms with van der Waals surface area (Å²) in [6.45, 7) is 2.12. The summed E-state index contributed by atoms with van der Waals surface area (Å²) in [5, 5.41) is 0.699. The largest absolute Gasteiger partial charge is 0.495 e. The van der Waals surface area contributed by atoms with Gasteiger partial charge in [-0.3, -0.25) is 0 Å². The maximum absolute atomic E-state index is 6.24. The molecule has 4 heteroatoms. The van der Waals surface area contributed by atoms with Gasteiger partial charge in [-0.2, -0.15) is 0 Å². The summed E-state index contributed by atoms with van der Waals surface area (Å²) in [5.41, 5.74) is 1.11. The van der Waals surface area contributed by atoms with Crippen molar-refractivity contribution < 1.29 is 9.47 Å². The van der Waals surface area contributed by atoms with Gasteiger partial charge in [-0.05, 0) is 34.6 Å². The minimum absolute atomic E-state index is 0.678. The Hall–Kier alpha value is -0.160. The number of rotatable bonds is 4. The quantitative estimate of drug-likeness (QED) is 0.774. The summed E-state index contributed by atoms with van der Waals surface area (Å²) in [7, 11) is 3.27. The highest BCUT2D eigenvalue weighted by atomic mass is 127. The van der Waals surface area contributed by atoms with Crippen LogP contribution in [0.25, 0.3) is 0 Å². The van der Waals surface area contributed by atoms with Crippen LogP contribution in [0.2, 0.25) is 5.02 Å². The van der Waals surface area contributed by atoms with Gasteiger partial charge in [0.05, 0.1) is 22.8 Å². The van der Waals surface area contributed by atoms with Crippen molar-refractivity contribution in [3.8, 4) is 11.5 Å². The van der Waals surface area contributed by atoms with E-state index in [4.69, 9.17) is 21.1 Å². The van der Waals surface area contributed by atoms with E-state index in [2.05, 4.69) is 29.5 Å². The second-order valence-corrected chi connectivity index (χ2v) is 4.59. The van der Waals surface area contributed by atoms with Gasteiger partial charge in [0.25, 0.3) is 0 Å². The lowest BCUT2D eigenvalue weighted by Crippen LogP contribution is -1.98. The molecule has 0 N–H and O–H groups in total. The third kappa shape index (κ3) is 2.69. The summed E-state index contributed by atoms with van der Waals surface area (Å²) >= 11 is 8.49. The SMILES string of the molecule is CCCc1c(Cl)c(OC)cc(OC)c1I. The summed E-state index contributed by atoms with van der Waals surface area (Å²) < 4.78 is 11.6. The van der Waals surface area contributed by atoms with Crippen LogP contribution >= 0.6 is 34.2 Å². The van der Waals surface area contributed by atoms with E-state index in [1.807, 2.05) is 6.07 Å². The van der Waals surface area contributed by atoms with E-state index in [1.165, 1.54) is 0 Å². The van der Waals surface area contributed by atoms with Crippen LogP contribution in [0, 0.1) is 3.57 Å². The van der Waals surface area contributed by atoms with Crippen molar-refractivity contribution in [1.29, 1.82) is 0 Å². The average Bonchev–Trinajstić information content (AvgIpc) is 2.25. The molecule has 0 fully saturated rings. The van der Waals surface area contributed by atoms with E-state index in [9.17, 15) is 0 Å². The normalized spacial score (nSPS) is 10.2. The van der Waals surface area contributed by atoms with E-state index in [-0.39, 0.29) is 0 Å². The zero-order valence-corrected chi connectivity index (χ0v) is 12.0. The number of methoxy groups -OCH3 is 2. The average molecular weight is 341 g/mol. The van der Waals surface area contributed by atoms with Gasteiger partial charge < -0.3 is 9.47 Å². The molecular weight excluding hydrogens is 326 g/mol. The van der Waals surface area contributed by atoms with E-state index in [0.29, 0.717) is 10.8 Å². The van der Waals surface area contributed by atoms with Gasteiger partial charge in [-0.1, -0.05) is 24.9 Å². The standard InChI is InChI=1S/C11H14ClIO2/c1-4-5-7-10(12)8(14-2)6-9(15-3)11(7)13/h6H,4-5H2,1-3H3. The molecule has 0 spiro atoms. The number of ether oxygens (including phenoxy) is 2. The highest BCUT2D eigenvalue weighted by Gasteiger charge is 2.15. The van der Waals surface area contributed by atoms with E-state index in [1.54, 1.807) is 14.2 Å². The summed E-state index contributed by atoms with van der Waals surface area (Å²) in [5.74, 6) is 1.50. The van der Waals surface area contributed by atoms with Crippen molar-refractivity contribution >= 4 is 34.2 Å². The highest BCUT2D eigenvalue weighted by molar-refractivity contribution is 14.1. The van der Waals surface area contributed by atoms with Gasteiger partial charge in [0.1, 0.15) is 11.5 Å². The van der Waals surface area contributed by atoms with E-state index in [0.717, 1.165) is 27.7 Å². The minimum atomic E-state index is 0.678. The first-order chi connectivity index (χ1) is 7.15. The maximum Gasteiger partial charge on any atom is 0.141 e. The monoisotopic (exact) mass is 340 g/mol. The molecule has 0 aliphatic rings. The van der Waals surface area contributed by atoms with Crippen molar-refractivity contribution in [2.75, 3.05) is 14.2 Å². The molecule has 0 aromatic heterocycles. The lowest BCUT2D eigenvalue weighted by Gasteiger charge is -2.14. The number of hydrogen-bond donors (Lipinski definition) is 0. The molecule has 0 atom stereocenters. The molecule has 2 nitrogen and oxygen atoms in total. The number of benzene rings is 1. The first kappa shape index (κ1) is 12.9. The molecule has 0 saturated heterocycles. The summed E-state index contributed by atoms with van der Waals surface area (Å²) in [6, 6.07) is 1.82. The summed E-state index contributed by atoms with van der Waals surface area (Å²) in [4.78, 5) is 0. The summed E-state index contributed by atoms with van der Waals surface area (Å²) in [6.07, 6.45) is 1.98. The molecule has 1 aromatic rings. The second-order valence-electron chi connectivity index (χ2n) is 3.14. The molecule has 1 aromatic carbocycles. The Bertz CT molecular complexity index is 325. The predicted molar refractivity (Wildman–Crippen MR) is 71.3 cm³/mol. The molecule has 0 saturated carbocycles. The molecule has 0 unspecified atom stereocenters. The minimum Gasteiger partial charge on any atom is -0.495 e. The molecule has 0 amide bonds. The zero-order valence-electron chi connectivity index (χ0n) is 9.06. The zero-order chi connectivity index (χ0) is 11.4. The lowest BCUT2D eigenvalue weighted by molar-refractivity contribution is 0.391. The smallest absolute Gasteiger partial charge is 0.141 e. The van der Waals surface area contributed by atoms with Crippen LogP contribution in [0.1, 0.15) is 18.9 Å². The van der Waals surface area contributed by atoms with E-state index < -0.39 is 0 Å². The molecule has 0 aliphatic carbocycles. The Morgan fingerprint density at radius 3 is 2.33 bits per heavy atom. The lowest BCUT2D eigenvalue weighted by atomic mass is 10.1. The van der Waals surface area contributed by atoms with Crippen LogP contribution < -0.4 is 9.47 Å². The molecule has 0 radical (unpaired) electrons. The van der Waals surface area contributed by atoms with Crippen LogP contribution in [0.4, 0.5) is 0 Å². The molecule has 84 valence electrons. The van der Waals surface area contributed by atoms with Crippen LogP contribution in [-0.4, -0.2) is 14.2 Å². The molecular formula is C11H14ClIO2. The van der Waals surface area contributed by atoms with Crippen LogP contribution in [-0.2, 0) is 6.42 Å². The molecule has 0 heterocycles. The molecule has 15 heavy (non-hydrogen) atoms. The maximum atomic E-state index is 6.24. The third-order valence-electron chi connectivity index (χ3n) is 2.16. The topological polar surface area (TPSA) is 18.5 Å². The van der Waals surface area contributed by atoms with Gasteiger partial charge in [-0.25, -0.2) is 0 Å². The Morgan fingerprint density at radius 1 is 1.27 bits per heavy atom. The van der Waals surface area contributed by atoms with Crippen molar-refractivity contribution in [3.05, 3.63) is 20.2 Å². The fraction of sp³-hybridized carbons (Fsp3) is 0.455. The third-order valence-corrected chi connectivity index (χ3v) is 3.76. The Morgan fingerprint density at radius 2 is 1.87 bits per heavy atom. The van der Waals surface area contributed by atoms with Crippen LogP contribution in [0.15, 0.2) is 6.07 Å². The highest BCUT2D eigenvalue weighted by Crippen LogP contribution is 2.38. The Labute approximate surface area is 109 Å². The number of hydrogen-bond acceptors (Lipinski definition) is 2. The molecule has 0 aliphatic heterocycles. The first-order valence-corrected chi connectivity index (χ1v) is 6.20. The molecule has 0 bridgehead atoms. The van der Waals surface area contributed by atoms with Gasteiger partial charge in [0.15, 0.2) is 0 Å². The second kappa shape index (κ2) is 5.80. The van der Waals surface area contributed by atoms with E-state index >= 15 is 0 Å². The fourth-order valence-corrected chi connectivity index (χ4v) is 2.80. The fourth-order valence-electron chi connectivity index (χ4n) is 1.41. The van der Waals surface area contributed by atoms with Crippen LogP contribution in [0.3, 0.4) is 0 Å². The number of halogens is 2. The van der Waals surface area contributed by atoms with Gasteiger partial charge in [-0.15, -0.1) is 0 Å². The Balaban J connectivity index is 3.32. The van der Waals surface area contributed by atoms with Crippen LogP contribution in [0.5, 0.6) is 11.5 Å². The van der Waals surface area contributed by atoms with Crippen molar-refractivity contribution in [2.45, 2.75) is 19.8 Å². The first-order valence-electron chi connectivity index (χ1n) is 4.74. The molecule has 1 rings (SSSR count). The van der Waals surface area contributed by atoms with Crippen molar-refractivity contribution in [2.24, 2.45) is 0 Å². The van der Waals surface area contributed by atoms with Gasteiger partial charge >= 0.3 is 0 Å². The Kier molecular flexibility index (Phi) is 4.99. The van der Waals surface area contributed by atoms with Crippen molar-refractivity contribution in [1.82, 2.24) is 0 Å².